The standard InChI is InChI=1S/C9H14N4OS/c10-8-12-13-9(15-8)11-7(14)6-4-2-1-3-5-6/h6H,1-5H2,(H2,10,12)(H,11,13,14). The predicted molar refractivity (Wildman–Crippen MR) is 59.5 cm³/mol. The van der Waals surface area contributed by atoms with Crippen molar-refractivity contribution in [3.63, 3.8) is 0 Å². The van der Waals surface area contributed by atoms with Gasteiger partial charge in [0.2, 0.25) is 16.2 Å². The summed E-state index contributed by atoms with van der Waals surface area (Å²) >= 11 is 1.20. The fraction of sp³-hybridized carbons (Fsp3) is 0.667. The largest absolute Gasteiger partial charge is 0.374 e. The molecule has 1 amide bonds. The molecule has 1 aromatic rings. The van der Waals surface area contributed by atoms with E-state index in [1.54, 1.807) is 0 Å². The quantitative estimate of drug-likeness (QED) is 0.803. The van der Waals surface area contributed by atoms with Gasteiger partial charge in [-0.15, -0.1) is 10.2 Å². The molecule has 82 valence electrons. The Bertz CT molecular complexity index is 346. The van der Waals surface area contributed by atoms with E-state index in [1.807, 2.05) is 0 Å². The molecule has 1 aliphatic carbocycles. The summed E-state index contributed by atoms with van der Waals surface area (Å²) in [6.07, 6.45) is 5.52. The molecule has 0 unspecified atom stereocenters. The Morgan fingerprint density at radius 2 is 2.07 bits per heavy atom. The highest BCUT2D eigenvalue weighted by molar-refractivity contribution is 7.18. The molecule has 1 fully saturated rings. The van der Waals surface area contributed by atoms with Crippen molar-refractivity contribution in [1.82, 2.24) is 10.2 Å². The molecule has 3 N–H and O–H groups in total. The topological polar surface area (TPSA) is 80.9 Å². The highest BCUT2D eigenvalue weighted by atomic mass is 32.1. The summed E-state index contributed by atoms with van der Waals surface area (Å²) in [6, 6.07) is 0. The zero-order chi connectivity index (χ0) is 10.7. The molecule has 1 aromatic heterocycles. The molecule has 15 heavy (non-hydrogen) atoms. The summed E-state index contributed by atoms with van der Waals surface area (Å²) < 4.78 is 0. The third-order valence-electron chi connectivity index (χ3n) is 2.65. The zero-order valence-electron chi connectivity index (χ0n) is 8.40. The maximum atomic E-state index is 11.8. The van der Waals surface area contributed by atoms with E-state index in [9.17, 15) is 4.79 Å². The summed E-state index contributed by atoms with van der Waals surface area (Å²) in [4.78, 5) is 11.8. The van der Waals surface area contributed by atoms with E-state index in [1.165, 1.54) is 17.8 Å². The average Bonchev–Trinajstić information content (AvgIpc) is 2.65. The van der Waals surface area contributed by atoms with Crippen LogP contribution in [0.1, 0.15) is 32.1 Å². The smallest absolute Gasteiger partial charge is 0.229 e. The minimum Gasteiger partial charge on any atom is -0.374 e. The van der Waals surface area contributed by atoms with Crippen LogP contribution in [0, 0.1) is 5.92 Å². The Balaban J connectivity index is 1.91. The normalized spacial score (nSPS) is 17.6. The zero-order valence-corrected chi connectivity index (χ0v) is 9.22. The van der Waals surface area contributed by atoms with Crippen molar-refractivity contribution in [2.45, 2.75) is 32.1 Å². The lowest BCUT2D eigenvalue weighted by atomic mass is 9.89. The number of anilines is 2. The van der Waals surface area contributed by atoms with Crippen molar-refractivity contribution in [2.24, 2.45) is 5.92 Å². The Morgan fingerprint density at radius 1 is 1.33 bits per heavy atom. The van der Waals surface area contributed by atoms with Gasteiger partial charge in [0.15, 0.2) is 0 Å². The Morgan fingerprint density at radius 3 is 2.67 bits per heavy atom. The van der Waals surface area contributed by atoms with Crippen LogP contribution in [0.4, 0.5) is 10.3 Å². The molecular formula is C9H14N4OS. The minimum absolute atomic E-state index is 0.0610. The van der Waals surface area contributed by atoms with Crippen molar-refractivity contribution in [2.75, 3.05) is 11.1 Å². The van der Waals surface area contributed by atoms with Crippen LogP contribution in [0.2, 0.25) is 0 Å². The van der Waals surface area contributed by atoms with Crippen LogP contribution in [0.3, 0.4) is 0 Å². The summed E-state index contributed by atoms with van der Waals surface area (Å²) in [5.41, 5.74) is 5.43. The van der Waals surface area contributed by atoms with Crippen LogP contribution in [-0.2, 0) is 4.79 Å². The molecule has 1 aliphatic rings. The lowest BCUT2D eigenvalue weighted by Gasteiger charge is -2.19. The van der Waals surface area contributed by atoms with Crippen LogP contribution in [-0.4, -0.2) is 16.1 Å². The van der Waals surface area contributed by atoms with Gasteiger partial charge in [0.05, 0.1) is 0 Å². The minimum atomic E-state index is 0.0610. The first-order valence-corrected chi connectivity index (χ1v) is 5.97. The molecular weight excluding hydrogens is 212 g/mol. The monoisotopic (exact) mass is 226 g/mol. The van der Waals surface area contributed by atoms with Crippen molar-refractivity contribution in [3.8, 4) is 0 Å². The third kappa shape index (κ3) is 2.65. The predicted octanol–water partition coefficient (Wildman–Crippen LogP) is 1.64. The number of carbonyl (C=O) groups is 1. The number of carbonyl (C=O) groups excluding carboxylic acids is 1. The fourth-order valence-electron chi connectivity index (χ4n) is 1.86. The second kappa shape index (κ2) is 4.57. The molecule has 1 saturated carbocycles. The molecule has 2 rings (SSSR count). The summed E-state index contributed by atoms with van der Waals surface area (Å²) in [5, 5.41) is 11.1. The maximum Gasteiger partial charge on any atom is 0.229 e. The van der Waals surface area contributed by atoms with Crippen molar-refractivity contribution in [3.05, 3.63) is 0 Å². The van der Waals surface area contributed by atoms with E-state index in [4.69, 9.17) is 5.73 Å². The van der Waals surface area contributed by atoms with Gasteiger partial charge in [-0.1, -0.05) is 30.6 Å². The summed E-state index contributed by atoms with van der Waals surface area (Å²) in [7, 11) is 0. The van der Waals surface area contributed by atoms with Crippen LogP contribution in [0.5, 0.6) is 0 Å². The average molecular weight is 226 g/mol. The van der Waals surface area contributed by atoms with Crippen molar-refractivity contribution in [1.29, 1.82) is 0 Å². The molecule has 0 aliphatic heterocycles. The number of amides is 1. The molecule has 0 radical (unpaired) electrons. The molecule has 1 heterocycles. The van der Waals surface area contributed by atoms with E-state index in [0.717, 1.165) is 25.7 Å². The number of nitrogens with two attached hydrogens (primary N) is 1. The lowest BCUT2D eigenvalue weighted by Crippen LogP contribution is -2.24. The molecule has 0 aromatic carbocycles. The first kappa shape index (κ1) is 10.4. The van der Waals surface area contributed by atoms with Gasteiger partial charge in [0.25, 0.3) is 0 Å². The molecule has 0 atom stereocenters. The highest BCUT2D eigenvalue weighted by Gasteiger charge is 2.21. The van der Waals surface area contributed by atoms with Crippen molar-refractivity contribution < 1.29 is 4.79 Å². The van der Waals surface area contributed by atoms with Gasteiger partial charge in [0, 0.05) is 5.92 Å². The Hall–Kier alpha value is -1.17. The maximum absolute atomic E-state index is 11.8. The van der Waals surface area contributed by atoms with Crippen LogP contribution in [0.15, 0.2) is 0 Å². The SMILES string of the molecule is Nc1nnc(NC(=O)C2CCCCC2)s1. The fourth-order valence-corrected chi connectivity index (χ4v) is 2.37. The van der Waals surface area contributed by atoms with Gasteiger partial charge in [-0.3, -0.25) is 4.79 Å². The van der Waals surface area contributed by atoms with Crippen LogP contribution < -0.4 is 11.1 Å². The van der Waals surface area contributed by atoms with Gasteiger partial charge in [0.1, 0.15) is 0 Å². The summed E-state index contributed by atoms with van der Waals surface area (Å²) in [5.74, 6) is 0.203. The number of nitrogens with zero attached hydrogens (tertiary/aromatic N) is 2. The molecule has 0 saturated heterocycles. The second-order valence-electron chi connectivity index (χ2n) is 3.77. The summed E-state index contributed by atoms with van der Waals surface area (Å²) in [6.45, 7) is 0. The number of hydrogen-bond donors (Lipinski definition) is 2. The molecule has 5 nitrogen and oxygen atoms in total. The Labute approximate surface area is 92.1 Å². The number of nitrogens with one attached hydrogen (secondary N) is 1. The highest BCUT2D eigenvalue weighted by Crippen LogP contribution is 2.25. The number of hydrogen-bond acceptors (Lipinski definition) is 5. The molecule has 6 heteroatoms. The van der Waals surface area contributed by atoms with Gasteiger partial charge in [-0.05, 0) is 12.8 Å². The van der Waals surface area contributed by atoms with E-state index >= 15 is 0 Å². The van der Waals surface area contributed by atoms with Gasteiger partial charge in [-0.2, -0.15) is 0 Å². The number of rotatable bonds is 2. The lowest BCUT2D eigenvalue weighted by molar-refractivity contribution is -0.120. The van der Waals surface area contributed by atoms with E-state index in [0.29, 0.717) is 10.3 Å². The van der Waals surface area contributed by atoms with E-state index in [2.05, 4.69) is 15.5 Å². The van der Waals surface area contributed by atoms with E-state index < -0.39 is 0 Å². The number of aromatic nitrogens is 2. The van der Waals surface area contributed by atoms with Crippen LogP contribution in [0.25, 0.3) is 0 Å². The molecule has 0 spiro atoms. The second-order valence-corrected chi connectivity index (χ2v) is 4.78. The first-order valence-electron chi connectivity index (χ1n) is 5.15. The Kier molecular flexibility index (Phi) is 3.15. The van der Waals surface area contributed by atoms with Gasteiger partial charge in [-0.25, -0.2) is 0 Å². The third-order valence-corrected chi connectivity index (χ3v) is 3.31. The first-order chi connectivity index (χ1) is 7.25. The van der Waals surface area contributed by atoms with Gasteiger partial charge >= 0.3 is 0 Å². The van der Waals surface area contributed by atoms with Crippen molar-refractivity contribution >= 4 is 27.5 Å². The number of nitrogen functional groups attached to an aromatic ring is 1. The van der Waals surface area contributed by atoms with Crippen LogP contribution >= 0.6 is 11.3 Å². The van der Waals surface area contributed by atoms with E-state index in [-0.39, 0.29) is 11.8 Å². The van der Waals surface area contributed by atoms with Gasteiger partial charge < -0.3 is 11.1 Å². The molecule has 0 bridgehead atoms.